The number of hydrogen-bond acceptors (Lipinski definition) is 5. The van der Waals surface area contributed by atoms with Gasteiger partial charge in [0.2, 0.25) is 0 Å². The van der Waals surface area contributed by atoms with Gasteiger partial charge in [0.15, 0.2) is 0 Å². The van der Waals surface area contributed by atoms with Gasteiger partial charge in [-0.2, -0.15) is 0 Å². The third kappa shape index (κ3) is 3.74. The summed E-state index contributed by atoms with van der Waals surface area (Å²) in [4.78, 5) is 21.2. The van der Waals surface area contributed by atoms with Gasteiger partial charge >= 0.3 is 5.97 Å². The molecule has 7 heteroatoms. The molecule has 0 aromatic heterocycles. The second-order valence-corrected chi connectivity index (χ2v) is 3.89. The molecular weight excluding hydrogens is 260 g/mol. The van der Waals surface area contributed by atoms with E-state index < -0.39 is 10.9 Å². The largest absolute Gasteiger partial charge is 0.466 e. The Morgan fingerprint density at radius 1 is 1.61 bits per heavy atom. The van der Waals surface area contributed by atoms with Crippen LogP contribution in [0.3, 0.4) is 0 Å². The Kier molecular flexibility index (Phi) is 4.67. The highest BCUT2D eigenvalue weighted by molar-refractivity contribution is 6.30. The third-order valence-corrected chi connectivity index (χ3v) is 2.37. The second kappa shape index (κ2) is 6.02. The Balaban J connectivity index is 3.03. The number of ether oxygens (including phenoxy) is 1. The number of hydrogen-bond donors (Lipinski definition) is 1. The number of nitro benzene ring substituents is 1. The molecular formula is C11H11ClN2O4. The standard InChI is InChI=1S/C11H11ClN2O4/c1-18-11(15)6-9(13)5-7-4-8(12)2-3-10(7)14(16)17/h2-4,6H,5,13H2,1H3. The Hall–Kier alpha value is -2.08. The van der Waals surface area contributed by atoms with E-state index in [1.807, 2.05) is 0 Å². The highest BCUT2D eigenvalue weighted by atomic mass is 35.5. The monoisotopic (exact) mass is 270 g/mol. The number of allylic oxidation sites excluding steroid dienone is 1. The van der Waals surface area contributed by atoms with Crippen LogP contribution in [0.4, 0.5) is 5.69 Å². The van der Waals surface area contributed by atoms with E-state index in [-0.39, 0.29) is 17.8 Å². The molecule has 0 aliphatic carbocycles. The summed E-state index contributed by atoms with van der Waals surface area (Å²) < 4.78 is 4.40. The first-order valence-electron chi connectivity index (χ1n) is 4.91. The Morgan fingerprint density at radius 3 is 2.83 bits per heavy atom. The summed E-state index contributed by atoms with van der Waals surface area (Å²) in [5.41, 5.74) is 6.00. The molecule has 96 valence electrons. The number of nitro groups is 1. The molecule has 0 spiro atoms. The maximum Gasteiger partial charge on any atom is 0.332 e. The topological polar surface area (TPSA) is 95.5 Å². The second-order valence-electron chi connectivity index (χ2n) is 3.45. The van der Waals surface area contributed by atoms with Crippen molar-refractivity contribution in [1.82, 2.24) is 0 Å². The van der Waals surface area contributed by atoms with E-state index in [9.17, 15) is 14.9 Å². The first kappa shape index (κ1) is 14.0. The van der Waals surface area contributed by atoms with E-state index in [1.54, 1.807) is 0 Å². The fraction of sp³-hybridized carbons (Fsp3) is 0.182. The Labute approximate surface area is 108 Å². The predicted molar refractivity (Wildman–Crippen MR) is 66.1 cm³/mol. The van der Waals surface area contributed by atoms with E-state index >= 15 is 0 Å². The van der Waals surface area contributed by atoms with Crippen molar-refractivity contribution in [2.45, 2.75) is 6.42 Å². The first-order valence-corrected chi connectivity index (χ1v) is 5.28. The maximum absolute atomic E-state index is 11.0. The average molecular weight is 271 g/mol. The van der Waals surface area contributed by atoms with Gasteiger partial charge in [-0.1, -0.05) is 11.6 Å². The SMILES string of the molecule is COC(=O)C=C(N)Cc1cc(Cl)ccc1[N+](=O)[O-]. The van der Waals surface area contributed by atoms with Crippen molar-refractivity contribution >= 4 is 23.3 Å². The predicted octanol–water partition coefficient (Wildman–Crippen LogP) is 1.81. The minimum Gasteiger partial charge on any atom is -0.466 e. The number of benzene rings is 1. The summed E-state index contributed by atoms with van der Waals surface area (Å²) in [6.07, 6.45) is 1.12. The highest BCUT2D eigenvalue weighted by Gasteiger charge is 2.14. The van der Waals surface area contributed by atoms with Crippen molar-refractivity contribution in [3.05, 3.63) is 50.7 Å². The van der Waals surface area contributed by atoms with Gasteiger partial charge in [-0.3, -0.25) is 10.1 Å². The van der Waals surface area contributed by atoms with Crippen LogP contribution in [0.5, 0.6) is 0 Å². The number of rotatable bonds is 4. The molecule has 6 nitrogen and oxygen atoms in total. The normalized spacial score (nSPS) is 11.1. The molecule has 0 unspecified atom stereocenters. The number of carbonyl (C=O) groups is 1. The molecule has 18 heavy (non-hydrogen) atoms. The van der Waals surface area contributed by atoms with Crippen LogP contribution < -0.4 is 5.73 Å². The molecule has 0 aliphatic rings. The molecule has 0 bridgehead atoms. The van der Waals surface area contributed by atoms with Crippen LogP contribution in [0.2, 0.25) is 5.02 Å². The molecule has 0 amide bonds. The zero-order chi connectivity index (χ0) is 13.7. The number of carbonyl (C=O) groups excluding carboxylic acids is 1. The van der Waals surface area contributed by atoms with Gasteiger partial charge in [0.05, 0.1) is 12.0 Å². The molecule has 0 saturated heterocycles. The van der Waals surface area contributed by atoms with Crippen molar-refractivity contribution in [3.8, 4) is 0 Å². The number of halogens is 1. The van der Waals surface area contributed by atoms with Crippen LogP contribution in [-0.2, 0) is 16.0 Å². The van der Waals surface area contributed by atoms with Crippen molar-refractivity contribution in [2.24, 2.45) is 5.73 Å². The number of esters is 1. The lowest BCUT2D eigenvalue weighted by molar-refractivity contribution is -0.385. The average Bonchev–Trinajstić information content (AvgIpc) is 2.28. The molecule has 0 radical (unpaired) electrons. The smallest absolute Gasteiger partial charge is 0.332 e. The zero-order valence-electron chi connectivity index (χ0n) is 9.55. The summed E-state index contributed by atoms with van der Waals surface area (Å²) in [5.74, 6) is -0.614. The summed E-state index contributed by atoms with van der Waals surface area (Å²) in [6, 6.07) is 4.16. The number of nitrogens with two attached hydrogens (primary N) is 1. The molecule has 1 aromatic carbocycles. The van der Waals surface area contributed by atoms with Gasteiger partial charge in [-0.25, -0.2) is 4.79 Å². The Morgan fingerprint density at radius 2 is 2.28 bits per heavy atom. The van der Waals surface area contributed by atoms with Crippen molar-refractivity contribution in [2.75, 3.05) is 7.11 Å². The van der Waals surface area contributed by atoms with Crippen LogP contribution in [0.25, 0.3) is 0 Å². The van der Waals surface area contributed by atoms with E-state index in [4.69, 9.17) is 17.3 Å². The molecule has 2 N–H and O–H groups in total. The minimum atomic E-state index is -0.614. The molecule has 1 rings (SSSR count). The molecule has 0 saturated carbocycles. The van der Waals surface area contributed by atoms with Gasteiger partial charge in [0.25, 0.3) is 5.69 Å². The quantitative estimate of drug-likeness (QED) is 0.389. The summed E-state index contributed by atoms with van der Waals surface area (Å²) in [6.45, 7) is 0. The van der Waals surface area contributed by atoms with E-state index in [0.717, 1.165) is 6.08 Å². The highest BCUT2D eigenvalue weighted by Crippen LogP contribution is 2.24. The molecule has 0 aliphatic heterocycles. The first-order chi connectivity index (χ1) is 8.43. The summed E-state index contributed by atoms with van der Waals surface area (Å²) in [7, 11) is 1.22. The van der Waals surface area contributed by atoms with Crippen LogP contribution in [0.1, 0.15) is 5.56 Å². The number of nitrogens with zero attached hydrogens (tertiary/aromatic N) is 1. The molecule has 0 atom stereocenters. The zero-order valence-corrected chi connectivity index (χ0v) is 10.3. The van der Waals surface area contributed by atoms with Crippen molar-refractivity contribution < 1.29 is 14.5 Å². The van der Waals surface area contributed by atoms with Gasteiger partial charge < -0.3 is 10.5 Å². The lowest BCUT2D eigenvalue weighted by Crippen LogP contribution is -2.07. The van der Waals surface area contributed by atoms with Crippen molar-refractivity contribution in [3.63, 3.8) is 0 Å². The lowest BCUT2D eigenvalue weighted by Gasteiger charge is -2.04. The van der Waals surface area contributed by atoms with Crippen molar-refractivity contribution in [1.29, 1.82) is 0 Å². The minimum absolute atomic E-state index is 0.0476. The van der Waals surface area contributed by atoms with E-state index in [1.165, 1.54) is 25.3 Å². The third-order valence-electron chi connectivity index (χ3n) is 2.14. The summed E-state index contributed by atoms with van der Waals surface area (Å²) in [5, 5.41) is 11.2. The van der Waals surface area contributed by atoms with Gasteiger partial charge in [-0.15, -0.1) is 0 Å². The van der Waals surface area contributed by atoms with Gasteiger partial charge in [0.1, 0.15) is 0 Å². The van der Waals surface area contributed by atoms with Gasteiger partial charge in [-0.05, 0) is 12.1 Å². The van der Waals surface area contributed by atoms with Crippen LogP contribution in [0, 0.1) is 10.1 Å². The van der Waals surface area contributed by atoms with Crippen LogP contribution in [-0.4, -0.2) is 18.0 Å². The van der Waals surface area contributed by atoms with Gasteiger partial charge in [0, 0.05) is 34.8 Å². The molecule has 0 heterocycles. The van der Waals surface area contributed by atoms with E-state index in [2.05, 4.69) is 4.74 Å². The number of methoxy groups -OCH3 is 1. The maximum atomic E-state index is 11.0. The van der Waals surface area contributed by atoms with E-state index in [0.29, 0.717) is 10.6 Å². The molecule has 1 aromatic rings. The van der Waals surface area contributed by atoms with Crippen LogP contribution >= 0.6 is 11.6 Å². The lowest BCUT2D eigenvalue weighted by atomic mass is 10.1. The van der Waals surface area contributed by atoms with Crippen LogP contribution in [0.15, 0.2) is 30.0 Å². The fourth-order valence-electron chi connectivity index (χ4n) is 1.36. The summed E-state index contributed by atoms with van der Waals surface area (Å²) >= 11 is 5.76. The Bertz CT molecular complexity index is 514. The molecule has 0 fully saturated rings. The fourth-order valence-corrected chi connectivity index (χ4v) is 1.55.